The van der Waals surface area contributed by atoms with E-state index in [1.165, 1.54) is 44.0 Å². The van der Waals surface area contributed by atoms with Gasteiger partial charge in [-0.3, -0.25) is 0 Å². The topological polar surface area (TPSA) is 131 Å². The van der Waals surface area contributed by atoms with Gasteiger partial charge in [-0.15, -0.1) is 0 Å². The molecule has 1 aromatic carbocycles. The quantitative estimate of drug-likeness (QED) is 0.741. The van der Waals surface area contributed by atoms with E-state index in [1.54, 1.807) is 0 Å². The molecule has 0 radical (unpaired) electrons. The lowest BCUT2D eigenvalue weighted by Gasteiger charge is -2.22. The van der Waals surface area contributed by atoms with Crippen LogP contribution in [0.25, 0.3) is 0 Å². The summed E-state index contributed by atoms with van der Waals surface area (Å²) in [6.07, 6.45) is 8.10. The van der Waals surface area contributed by atoms with Crippen LogP contribution < -0.4 is 10.5 Å². The Hall–Kier alpha value is -3.00. The predicted octanol–water partition coefficient (Wildman–Crippen LogP) is 2.68. The molecule has 0 unspecified atom stereocenters. The molecule has 0 atom stereocenters. The van der Waals surface area contributed by atoms with E-state index < -0.39 is 12.6 Å². The molecule has 28 heavy (non-hydrogen) atoms. The normalized spacial score (nSPS) is 16.1. The summed E-state index contributed by atoms with van der Waals surface area (Å²) in [5, 5.41) is 15.0. The van der Waals surface area contributed by atoms with Gasteiger partial charge in [0.2, 0.25) is 5.88 Å². The summed E-state index contributed by atoms with van der Waals surface area (Å²) in [6, 6.07) is 8.73. The Bertz CT molecular complexity index is 846. The number of carbonyl (C=O) groups is 1. The molecule has 2 heterocycles. The van der Waals surface area contributed by atoms with E-state index in [0.717, 1.165) is 11.3 Å². The second kappa shape index (κ2) is 9.27. The number of ether oxygens (including phenoxy) is 1. The number of anilines is 1. The fourth-order valence-corrected chi connectivity index (χ4v) is 3.42. The molecule has 2 aliphatic rings. The summed E-state index contributed by atoms with van der Waals surface area (Å²) in [6.45, 7) is -0.369. The number of hydrogen-bond acceptors (Lipinski definition) is 7. The summed E-state index contributed by atoms with van der Waals surface area (Å²) in [5.74, 6) is 0.336. The van der Waals surface area contributed by atoms with Crippen molar-refractivity contribution in [3.05, 3.63) is 41.7 Å². The van der Waals surface area contributed by atoms with Gasteiger partial charge in [0.25, 0.3) is 0 Å². The molecule has 1 aliphatic carbocycles. The molecule has 0 saturated heterocycles. The van der Waals surface area contributed by atoms with E-state index in [1.807, 2.05) is 0 Å². The third kappa shape index (κ3) is 4.83. The van der Waals surface area contributed by atoms with E-state index in [9.17, 15) is 0 Å². The molecule has 1 aromatic heterocycles. The number of nitrogens with two attached hydrogens (primary N) is 1. The van der Waals surface area contributed by atoms with Crippen molar-refractivity contribution >= 4 is 23.2 Å². The van der Waals surface area contributed by atoms with Crippen molar-refractivity contribution in [2.45, 2.75) is 38.0 Å². The fraction of sp³-hybridized carbons (Fsp3) is 0.400. The van der Waals surface area contributed by atoms with Gasteiger partial charge in [-0.2, -0.15) is 4.98 Å². The molecule has 0 amide bonds. The van der Waals surface area contributed by atoms with E-state index in [0.29, 0.717) is 29.9 Å². The van der Waals surface area contributed by atoms with Crippen LogP contribution in [-0.4, -0.2) is 45.1 Å². The molecule has 0 spiro atoms. The molecule has 8 nitrogen and oxygen atoms in total. The highest BCUT2D eigenvalue weighted by molar-refractivity contribution is 6.04. The first kappa shape index (κ1) is 19.8. The van der Waals surface area contributed by atoms with Crippen molar-refractivity contribution in [2.75, 3.05) is 18.9 Å². The standard InChI is InChI=1S/C18H20N4O.C2H4O3/c19-17-16-18(21-11-20-17)23-10-15(22-16)14-8-6-13(7-9-14)12-4-2-1-3-5-12;3-1-2(4)5/h6-9,11-12H,1-5,10H2,(H2,19,20,21);3H,1H2,(H,4,5). The lowest BCUT2D eigenvalue weighted by molar-refractivity contribution is -0.140. The Kier molecular flexibility index (Phi) is 6.54. The van der Waals surface area contributed by atoms with Crippen molar-refractivity contribution < 1.29 is 19.7 Å². The van der Waals surface area contributed by atoms with Gasteiger partial charge in [-0.05, 0) is 29.9 Å². The highest BCUT2D eigenvalue weighted by Crippen LogP contribution is 2.34. The maximum Gasteiger partial charge on any atom is 0.329 e. The van der Waals surface area contributed by atoms with E-state index in [4.69, 9.17) is 25.5 Å². The Labute approximate surface area is 163 Å². The summed E-state index contributed by atoms with van der Waals surface area (Å²) in [4.78, 5) is 21.8. The average Bonchev–Trinajstić information content (AvgIpc) is 2.75. The van der Waals surface area contributed by atoms with Crippen LogP contribution in [-0.2, 0) is 4.79 Å². The number of hydrogen-bond donors (Lipinski definition) is 3. The first-order chi connectivity index (χ1) is 13.6. The Morgan fingerprint density at radius 2 is 1.82 bits per heavy atom. The van der Waals surface area contributed by atoms with Gasteiger partial charge in [0, 0.05) is 0 Å². The molecule has 2 aromatic rings. The van der Waals surface area contributed by atoms with Crippen molar-refractivity contribution in [1.29, 1.82) is 0 Å². The molecule has 1 saturated carbocycles. The second-order valence-electron chi connectivity index (χ2n) is 6.77. The van der Waals surface area contributed by atoms with E-state index in [-0.39, 0.29) is 0 Å². The Balaban J connectivity index is 0.000000403. The number of aromatic nitrogens is 2. The zero-order valence-electron chi connectivity index (χ0n) is 15.5. The van der Waals surface area contributed by atoms with Crippen LogP contribution in [0.1, 0.15) is 49.1 Å². The number of rotatable bonds is 3. The van der Waals surface area contributed by atoms with Crippen LogP contribution in [0.5, 0.6) is 5.88 Å². The number of nitrogen functional groups attached to an aromatic ring is 1. The minimum atomic E-state index is -1.19. The number of benzene rings is 1. The minimum Gasteiger partial charge on any atom is -0.480 e. The van der Waals surface area contributed by atoms with E-state index in [2.05, 4.69) is 39.2 Å². The third-order valence-corrected chi connectivity index (χ3v) is 4.87. The SMILES string of the molecule is Nc1ncnc2c1N=C(c1ccc(C3CCCCC3)cc1)CO2.O=C(O)CO. The summed E-state index contributed by atoms with van der Waals surface area (Å²) < 4.78 is 5.66. The molecule has 8 heteroatoms. The average molecular weight is 384 g/mol. The number of fused-ring (bicyclic) bond motifs is 1. The smallest absolute Gasteiger partial charge is 0.329 e. The first-order valence-corrected chi connectivity index (χ1v) is 9.32. The molecule has 4 N–H and O–H groups in total. The number of aliphatic hydroxyl groups is 1. The fourth-order valence-electron chi connectivity index (χ4n) is 3.42. The molecule has 1 aliphatic heterocycles. The largest absolute Gasteiger partial charge is 0.480 e. The number of aliphatic carboxylic acids is 1. The maximum atomic E-state index is 9.12. The van der Waals surface area contributed by atoms with Gasteiger partial charge in [-0.25, -0.2) is 14.8 Å². The lowest BCUT2D eigenvalue weighted by atomic mass is 9.84. The minimum absolute atomic E-state index is 0.353. The number of carboxylic acid groups (broad SMARTS) is 1. The maximum absolute atomic E-state index is 9.12. The Morgan fingerprint density at radius 3 is 2.46 bits per heavy atom. The molecule has 0 bridgehead atoms. The van der Waals surface area contributed by atoms with Crippen molar-refractivity contribution in [3.63, 3.8) is 0 Å². The first-order valence-electron chi connectivity index (χ1n) is 9.32. The Morgan fingerprint density at radius 1 is 1.14 bits per heavy atom. The lowest BCUT2D eigenvalue weighted by Crippen LogP contribution is -2.18. The van der Waals surface area contributed by atoms with Crippen LogP contribution in [0.2, 0.25) is 0 Å². The van der Waals surface area contributed by atoms with Crippen molar-refractivity contribution in [3.8, 4) is 5.88 Å². The highest BCUT2D eigenvalue weighted by Gasteiger charge is 2.19. The van der Waals surface area contributed by atoms with Gasteiger partial charge in [0.05, 0.1) is 5.71 Å². The number of nitrogens with zero attached hydrogens (tertiary/aromatic N) is 3. The summed E-state index contributed by atoms with van der Waals surface area (Å²) >= 11 is 0. The predicted molar refractivity (Wildman–Crippen MR) is 105 cm³/mol. The van der Waals surface area contributed by atoms with Gasteiger partial charge >= 0.3 is 5.97 Å². The van der Waals surface area contributed by atoms with Crippen molar-refractivity contribution in [1.82, 2.24) is 9.97 Å². The van der Waals surface area contributed by atoms with Crippen LogP contribution in [0.4, 0.5) is 11.5 Å². The van der Waals surface area contributed by atoms with Crippen LogP contribution >= 0.6 is 0 Å². The third-order valence-electron chi connectivity index (χ3n) is 4.87. The van der Waals surface area contributed by atoms with E-state index >= 15 is 0 Å². The molecule has 148 valence electrons. The van der Waals surface area contributed by atoms with Gasteiger partial charge < -0.3 is 20.7 Å². The van der Waals surface area contributed by atoms with Gasteiger partial charge in [-0.1, -0.05) is 43.5 Å². The van der Waals surface area contributed by atoms with Crippen molar-refractivity contribution in [2.24, 2.45) is 4.99 Å². The number of aliphatic hydroxyl groups excluding tert-OH is 1. The summed E-state index contributed by atoms with van der Waals surface area (Å²) in [7, 11) is 0. The second-order valence-corrected chi connectivity index (χ2v) is 6.77. The monoisotopic (exact) mass is 384 g/mol. The molecular weight excluding hydrogens is 360 g/mol. The van der Waals surface area contributed by atoms with Crippen LogP contribution in [0.3, 0.4) is 0 Å². The zero-order valence-corrected chi connectivity index (χ0v) is 15.5. The molecule has 4 rings (SSSR count). The van der Waals surface area contributed by atoms with Crippen LogP contribution in [0, 0.1) is 0 Å². The number of aliphatic imine (C=N–C) groups is 1. The van der Waals surface area contributed by atoms with Gasteiger partial charge in [0.1, 0.15) is 19.5 Å². The zero-order chi connectivity index (χ0) is 19.9. The highest BCUT2D eigenvalue weighted by atomic mass is 16.5. The van der Waals surface area contributed by atoms with Gasteiger partial charge in [0.15, 0.2) is 11.5 Å². The summed E-state index contributed by atoms with van der Waals surface area (Å²) in [5.41, 5.74) is 9.77. The van der Waals surface area contributed by atoms with Crippen LogP contribution in [0.15, 0.2) is 35.6 Å². The molecular formula is C20H24N4O4. The number of carboxylic acids is 1. The molecule has 1 fully saturated rings.